The Balaban J connectivity index is 1.61. The molecule has 26 heavy (non-hydrogen) atoms. The molecule has 0 aromatic heterocycles. The summed E-state index contributed by atoms with van der Waals surface area (Å²) in [4.78, 5) is 15.3. The van der Waals surface area contributed by atoms with Crippen LogP contribution in [0.4, 0.5) is 11.4 Å². The second kappa shape index (κ2) is 8.72. The third-order valence-corrected chi connectivity index (χ3v) is 4.81. The predicted octanol–water partition coefficient (Wildman–Crippen LogP) is 3.34. The number of nitrogens with two attached hydrogens (primary N) is 2. The molecule has 0 bridgehead atoms. The van der Waals surface area contributed by atoms with Crippen LogP contribution in [0.15, 0.2) is 42.5 Å². The highest BCUT2D eigenvalue weighted by Gasteiger charge is 2.15. The van der Waals surface area contributed by atoms with Crippen molar-refractivity contribution >= 4 is 17.2 Å². The molecule has 0 radical (unpaired) electrons. The molecule has 1 saturated heterocycles. The number of likely N-dealkylation sites (tertiary alicyclic amines) is 1. The Labute approximate surface area is 154 Å². The Morgan fingerprint density at radius 1 is 1.00 bits per heavy atom. The SMILES string of the molecule is Nc1ccc(C(=O)c2ccccc2OCCCN2CCCCC2)cc1N. The molecule has 2 aromatic rings. The van der Waals surface area contributed by atoms with Gasteiger partial charge in [0, 0.05) is 12.1 Å². The highest BCUT2D eigenvalue weighted by atomic mass is 16.5. The zero-order valence-corrected chi connectivity index (χ0v) is 15.1. The first-order valence-electron chi connectivity index (χ1n) is 9.29. The van der Waals surface area contributed by atoms with Crippen molar-refractivity contribution in [3.8, 4) is 5.75 Å². The molecule has 1 heterocycles. The topological polar surface area (TPSA) is 81.6 Å². The van der Waals surface area contributed by atoms with Gasteiger partial charge in [-0.05, 0) is 62.7 Å². The van der Waals surface area contributed by atoms with Crippen molar-refractivity contribution in [2.45, 2.75) is 25.7 Å². The summed E-state index contributed by atoms with van der Waals surface area (Å²) in [6.07, 6.45) is 4.89. The van der Waals surface area contributed by atoms with E-state index in [0.717, 1.165) is 13.0 Å². The van der Waals surface area contributed by atoms with E-state index >= 15 is 0 Å². The number of ketones is 1. The number of rotatable bonds is 7. The zero-order valence-electron chi connectivity index (χ0n) is 15.1. The van der Waals surface area contributed by atoms with E-state index in [0.29, 0.717) is 34.9 Å². The number of ether oxygens (including phenoxy) is 1. The van der Waals surface area contributed by atoms with Crippen LogP contribution in [0.2, 0.25) is 0 Å². The van der Waals surface area contributed by atoms with Gasteiger partial charge in [-0.25, -0.2) is 0 Å². The van der Waals surface area contributed by atoms with Gasteiger partial charge >= 0.3 is 0 Å². The van der Waals surface area contributed by atoms with Gasteiger partial charge in [0.1, 0.15) is 5.75 Å². The van der Waals surface area contributed by atoms with Gasteiger partial charge < -0.3 is 21.1 Å². The van der Waals surface area contributed by atoms with Crippen LogP contribution in [0.1, 0.15) is 41.6 Å². The lowest BCUT2D eigenvalue weighted by atomic mass is 10.0. The summed E-state index contributed by atoms with van der Waals surface area (Å²) in [6, 6.07) is 12.3. The molecule has 0 unspecified atom stereocenters. The van der Waals surface area contributed by atoms with Gasteiger partial charge in [0.25, 0.3) is 0 Å². The molecular weight excluding hydrogens is 326 g/mol. The van der Waals surface area contributed by atoms with Crippen LogP contribution >= 0.6 is 0 Å². The predicted molar refractivity (Wildman–Crippen MR) is 106 cm³/mol. The van der Waals surface area contributed by atoms with E-state index in [4.69, 9.17) is 16.2 Å². The minimum Gasteiger partial charge on any atom is -0.493 e. The Morgan fingerprint density at radius 3 is 2.54 bits per heavy atom. The van der Waals surface area contributed by atoms with Crippen molar-refractivity contribution in [2.24, 2.45) is 0 Å². The van der Waals surface area contributed by atoms with Crippen LogP contribution in [0.3, 0.4) is 0 Å². The first kappa shape index (κ1) is 18.3. The van der Waals surface area contributed by atoms with Gasteiger partial charge in [0.05, 0.1) is 23.5 Å². The fourth-order valence-corrected chi connectivity index (χ4v) is 3.30. The quantitative estimate of drug-likeness (QED) is 0.453. The third kappa shape index (κ3) is 4.55. The van der Waals surface area contributed by atoms with E-state index < -0.39 is 0 Å². The first-order chi connectivity index (χ1) is 12.6. The number of hydrogen-bond donors (Lipinski definition) is 2. The molecule has 1 aliphatic heterocycles. The number of para-hydroxylation sites is 1. The molecule has 5 nitrogen and oxygen atoms in total. The summed E-state index contributed by atoms with van der Waals surface area (Å²) in [6.45, 7) is 4.02. The summed E-state index contributed by atoms with van der Waals surface area (Å²) in [5.41, 5.74) is 13.5. The van der Waals surface area contributed by atoms with Crippen LogP contribution in [-0.2, 0) is 0 Å². The molecule has 4 N–H and O–H groups in total. The second-order valence-electron chi connectivity index (χ2n) is 6.77. The maximum Gasteiger partial charge on any atom is 0.196 e. The summed E-state index contributed by atoms with van der Waals surface area (Å²) in [5.74, 6) is 0.509. The maximum absolute atomic E-state index is 12.8. The van der Waals surface area contributed by atoms with Crippen LogP contribution in [0, 0.1) is 0 Å². The molecule has 1 fully saturated rings. The molecule has 5 heteroatoms. The van der Waals surface area contributed by atoms with Crippen LogP contribution < -0.4 is 16.2 Å². The van der Waals surface area contributed by atoms with Crippen molar-refractivity contribution in [3.63, 3.8) is 0 Å². The fraction of sp³-hybridized carbons (Fsp3) is 0.381. The van der Waals surface area contributed by atoms with E-state index in [1.807, 2.05) is 18.2 Å². The Kier molecular flexibility index (Phi) is 6.12. The molecular formula is C21H27N3O2. The van der Waals surface area contributed by atoms with Crippen molar-refractivity contribution in [1.82, 2.24) is 4.90 Å². The summed E-state index contributed by atoms with van der Waals surface area (Å²) < 4.78 is 5.92. The average Bonchev–Trinajstić information content (AvgIpc) is 2.68. The number of benzene rings is 2. The highest BCUT2D eigenvalue weighted by Crippen LogP contribution is 2.24. The average molecular weight is 353 g/mol. The first-order valence-corrected chi connectivity index (χ1v) is 9.29. The second-order valence-corrected chi connectivity index (χ2v) is 6.77. The maximum atomic E-state index is 12.8. The highest BCUT2D eigenvalue weighted by molar-refractivity contribution is 6.11. The fourth-order valence-electron chi connectivity index (χ4n) is 3.30. The van der Waals surface area contributed by atoms with E-state index in [2.05, 4.69) is 4.90 Å². The van der Waals surface area contributed by atoms with E-state index in [1.165, 1.54) is 32.4 Å². The van der Waals surface area contributed by atoms with Gasteiger partial charge in [-0.1, -0.05) is 18.6 Å². The van der Waals surface area contributed by atoms with Gasteiger partial charge in [-0.3, -0.25) is 4.79 Å². The standard InChI is InChI=1S/C21H27N3O2/c22-18-10-9-16(15-19(18)23)21(25)17-7-2-3-8-20(17)26-14-6-13-24-11-4-1-5-12-24/h2-3,7-10,15H,1,4-6,11-14,22-23H2. The Hall–Kier alpha value is -2.53. The number of carbonyl (C=O) groups is 1. The van der Waals surface area contributed by atoms with Gasteiger partial charge in [0.2, 0.25) is 0 Å². The number of nitrogens with zero attached hydrogens (tertiary/aromatic N) is 1. The number of carbonyl (C=O) groups excluding carboxylic acids is 1. The van der Waals surface area contributed by atoms with Crippen LogP contribution in [-0.4, -0.2) is 36.9 Å². The van der Waals surface area contributed by atoms with E-state index in [1.54, 1.807) is 24.3 Å². The molecule has 2 aromatic carbocycles. The number of nitrogen functional groups attached to an aromatic ring is 2. The molecule has 0 amide bonds. The summed E-state index contributed by atoms with van der Waals surface area (Å²) in [7, 11) is 0. The normalized spacial score (nSPS) is 14.9. The molecule has 1 aliphatic rings. The summed E-state index contributed by atoms with van der Waals surface area (Å²) in [5, 5.41) is 0. The van der Waals surface area contributed by atoms with Crippen molar-refractivity contribution in [1.29, 1.82) is 0 Å². The van der Waals surface area contributed by atoms with Gasteiger partial charge in [-0.15, -0.1) is 0 Å². The van der Waals surface area contributed by atoms with Crippen molar-refractivity contribution < 1.29 is 9.53 Å². The molecule has 0 atom stereocenters. The Bertz CT molecular complexity index is 755. The van der Waals surface area contributed by atoms with Gasteiger partial charge in [0.15, 0.2) is 5.78 Å². The van der Waals surface area contributed by atoms with Crippen LogP contribution in [0.25, 0.3) is 0 Å². The van der Waals surface area contributed by atoms with Gasteiger partial charge in [-0.2, -0.15) is 0 Å². The number of hydrogen-bond acceptors (Lipinski definition) is 5. The minimum atomic E-state index is -0.108. The van der Waals surface area contributed by atoms with Crippen molar-refractivity contribution in [3.05, 3.63) is 53.6 Å². The monoisotopic (exact) mass is 353 g/mol. The number of anilines is 2. The number of piperidine rings is 1. The molecule has 0 spiro atoms. The third-order valence-electron chi connectivity index (χ3n) is 4.81. The van der Waals surface area contributed by atoms with E-state index in [-0.39, 0.29) is 5.78 Å². The van der Waals surface area contributed by atoms with E-state index in [9.17, 15) is 4.79 Å². The lowest BCUT2D eigenvalue weighted by Gasteiger charge is -2.26. The largest absolute Gasteiger partial charge is 0.493 e. The van der Waals surface area contributed by atoms with Crippen molar-refractivity contribution in [2.75, 3.05) is 37.7 Å². The minimum absolute atomic E-state index is 0.108. The lowest BCUT2D eigenvalue weighted by Crippen LogP contribution is -2.31. The molecule has 0 aliphatic carbocycles. The lowest BCUT2D eigenvalue weighted by molar-refractivity contribution is 0.103. The van der Waals surface area contributed by atoms with Crippen LogP contribution in [0.5, 0.6) is 5.75 Å². The Morgan fingerprint density at radius 2 is 1.77 bits per heavy atom. The molecule has 0 saturated carbocycles. The summed E-state index contributed by atoms with van der Waals surface area (Å²) >= 11 is 0. The molecule has 3 rings (SSSR count). The smallest absolute Gasteiger partial charge is 0.196 e. The zero-order chi connectivity index (χ0) is 18.4. The molecule has 138 valence electrons.